The number of carbonyl (C=O) groups is 1. The van der Waals surface area contributed by atoms with Crippen LogP contribution < -0.4 is 11.0 Å². The summed E-state index contributed by atoms with van der Waals surface area (Å²) in [5.41, 5.74) is 0.899. The van der Waals surface area contributed by atoms with Crippen LogP contribution >= 0.6 is 0 Å². The Balaban J connectivity index is 1.63. The molecule has 0 bridgehead atoms. The number of carbonyl (C=O) groups excluding carboxylic acids is 1. The van der Waals surface area contributed by atoms with Gasteiger partial charge in [0.05, 0.1) is 17.5 Å². The Bertz CT molecular complexity index is 946. The number of amides is 1. The zero-order valence-corrected chi connectivity index (χ0v) is 12.7. The van der Waals surface area contributed by atoms with E-state index in [2.05, 4.69) is 10.3 Å². The number of benzene rings is 2. The van der Waals surface area contributed by atoms with Crippen molar-refractivity contribution in [2.75, 3.05) is 6.54 Å². The van der Waals surface area contributed by atoms with Crippen LogP contribution in [0.25, 0.3) is 11.0 Å². The van der Waals surface area contributed by atoms with Crippen LogP contribution in [0, 0.1) is 11.6 Å². The molecule has 0 spiro atoms. The highest BCUT2D eigenvalue weighted by Crippen LogP contribution is 2.11. The normalized spacial score (nSPS) is 10.9. The summed E-state index contributed by atoms with van der Waals surface area (Å²) in [6, 6.07) is 10.1. The number of nitrogens with zero attached hydrogens (tertiary/aromatic N) is 1. The molecule has 1 amide bonds. The quantitative estimate of drug-likeness (QED) is 0.751. The molecule has 5 nitrogen and oxygen atoms in total. The average Bonchev–Trinajstić information content (AvgIpc) is 2.84. The fraction of sp³-hybridized carbons (Fsp3) is 0.176. The minimum absolute atomic E-state index is 0.0688. The number of fused-ring (bicyclic) bond motifs is 1. The lowest BCUT2D eigenvalue weighted by Gasteiger charge is -2.07. The highest BCUT2D eigenvalue weighted by molar-refractivity contribution is 5.78. The number of aromatic nitrogens is 2. The van der Waals surface area contributed by atoms with Crippen LogP contribution in [-0.4, -0.2) is 22.0 Å². The van der Waals surface area contributed by atoms with Crippen LogP contribution in [0.5, 0.6) is 0 Å². The van der Waals surface area contributed by atoms with E-state index in [9.17, 15) is 18.4 Å². The zero-order valence-electron chi connectivity index (χ0n) is 12.7. The van der Waals surface area contributed by atoms with Crippen molar-refractivity contribution in [3.63, 3.8) is 0 Å². The van der Waals surface area contributed by atoms with Gasteiger partial charge >= 0.3 is 5.69 Å². The number of nitrogens with one attached hydrogen (secondary N) is 2. The van der Waals surface area contributed by atoms with Gasteiger partial charge in [0.25, 0.3) is 0 Å². The van der Waals surface area contributed by atoms with Crippen LogP contribution in [0.4, 0.5) is 8.78 Å². The Hall–Kier alpha value is -2.96. The van der Waals surface area contributed by atoms with E-state index in [-0.39, 0.29) is 31.1 Å². The second kappa shape index (κ2) is 6.66. The van der Waals surface area contributed by atoms with Gasteiger partial charge in [0.2, 0.25) is 5.91 Å². The molecule has 2 N–H and O–H groups in total. The van der Waals surface area contributed by atoms with E-state index in [1.54, 1.807) is 18.2 Å². The Kier molecular flexibility index (Phi) is 4.41. The fourth-order valence-electron chi connectivity index (χ4n) is 2.54. The highest BCUT2D eigenvalue weighted by Gasteiger charge is 2.09. The molecule has 7 heteroatoms. The van der Waals surface area contributed by atoms with Gasteiger partial charge in [-0.2, -0.15) is 0 Å². The standard InChI is InChI=1S/C17H15F2N3O2/c18-12-5-6-15-14(10-12)21-17(24)22(15)8-7-20-16(23)9-11-3-1-2-4-13(11)19/h1-6,10H,7-9H2,(H,20,23)(H,21,24). The molecule has 0 unspecified atom stereocenters. The zero-order chi connectivity index (χ0) is 17.1. The second-order valence-corrected chi connectivity index (χ2v) is 5.36. The van der Waals surface area contributed by atoms with E-state index in [4.69, 9.17) is 0 Å². The first-order chi connectivity index (χ1) is 11.5. The second-order valence-electron chi connectivity index (χ2n) is 5.36. The maximum absolute atomic E-state index is 13.5. The van der Waals surface area contributed by atoms with Gasteiger partial charge < -0.3 is 10.3 Å². The van der Waals surface area contributed by atoms with Crippen LogP contribution in [0.2, 0.25) is 0 Å². The molecule has 1 aromatic heterocycles. The number of halogens is 2. The molecular weight excluding hydrogens is 316 g/mol. The lowest BCUT2D eigenvalue weighted by molar-refractivity contribution is -0.120. The molecule has 0 saturated heterocycles. The molecule has 0 aliphatic rings. The minimum atomic E-state index is -0.436. The van der Waals surface area contributed by atoms with Gasteiger partial charge in [0.15, 0.2) is 0 Å². The third-order valence-electron chi connectivity index (χ3n) is 3.70. The van der Waals surface area contributed by atoms with Crippen LogP contribution in [0.3, 0.4) is 0 Å². The van der Waals surface area contributed by atoms with E-state index in [1.807, 2.05) is 0 Å². The molecule has 0 aliphatic carbocycles. The van der Waals surface area contributed by atoms with Gasteiger partial charge in [-0.25, -0.2) is 13.6 Å². The van der Waals surface area contributed by atoms with Crippen molar-refractivity contribution >= 4 is 16.9 Å². The molecule has 0 atom stereocenters. The maximum Gasteiger partial charge on any atom is 0.326 e. The van der Waals surface area contributed by atoms with E-state index >= 15 is 0 Å². The molecule has 2 aromatic carbocycles. The Morgan fingerprint density at radius 3 is 2.75 bits per heavy atom. The van der Waals surface area contributed by atoms with Crippen LogP contribution in [0.1, 0.15) is 5.56 Å². The maximum atomic E-state index is 13.5. The summed E-state index contributed by atoms with van der Waals surface area (Å²) in [6.45, 7) is 0.436. The van der Waals surface area contributed by atoms with Gasteiger partial charge in [0.1, 0.15) is 11.6 Å². The monoisotopic (exact) mass is 331 g/mol. The summed E-state index contributed by atoms with van der Waals surface area (Å²) < 4.78 is 28.1. The molecule has 3 aromatic rings. The van der Waals surface area contributed by atoms with Gasteiger partial charge in [-0.05, 0) is 29.8 Å². The minimum Gasteiger partial charge on any atom is -0.354 e. The molecule has 0 aliphatic heterocycles. The van der Waals surface area contributed by atoms with Gasteiger partial charge in [-0.3, -0.25) is 9.36 Å². The summed E-state index contributed by atoms with van der Waals surface area (Å²) in [5.74, 6) is -1.20. The molecular formula is C17H15F2N3O2. The number of imidazole rings is 1. The predicted octanol–water partition coefficient (Wildman–Crippen LogP) is 1.97. The lowest BCUT2D eigenvalue weighted by atomic mass is 10.1. The van der Waals surface area contributed by atoms with Crippen molar-refractivity contribution in [1.82, 2.24) is 14.9 Å². The van der Waals surface area contributed by atoms with Gasteiger partial charge in [0, 0.05) is 13.1 Å². The first-order valence-corrected chi connectivity index (χ1v) is 7.43. The molecule has 0 radical (unpaired) electrons. The van der Waals surface area contributed by atoms with E-state index in [0.29, 0.717) is 16.6 Å². The third kappa shape index (κ3) is 3.34. The summed E-state index contributed by atoms with van der Waals surface area (Å²) in [7, 11) is 0. The van der Waals surface area contributed by atoms with Crippen molar-refractivity contribution in [3.8, 4) is 0 Å². The molecule has 0 fully saturated rings. The van der Waals surface area contributed by atoms with E-state index in [1.165, 1.54) is 28.8 Å². The topological polar surface area (TPSA) is 66.9 Å². The number of aromatic amines is 1. The Labute approximate surface area is 135 Å². The largest absolute Gasteiger partial charge is 0.354 e. The number of hydrogen-bond donors (Lipinski definition) is 2. The summed E-state index contributed by atoms with van der Waals surface area (Å²) >= 11 is 0. The molecule has 1 heterocycles. The fourth-order valence-corrected chi connectivity index (χ4v) is 2.54. The van der Waals surface area contributed by atoms with E-state index < -0.39 is 11.6 Å². The smallest absolute Gasteiger partial charge is 0.326 e. The Morgan fingerprint density at radius 2 is 1.96 bits per heavy atom. The SMILES string of the molecule is O=C(Cc1ccccc1F)NCCn1c(=O)[nH]c2cc(F)ccc21. The Morgan fingerprint density at radius 1 is 1.17 bits per heavy atom. The summed E-state index contributed by atoms with van der Waals surface area (Å²) in [4.78, 5) is 26.3. The lowest BCUT2D eigenvalue weighted by Crippen LogP contribution is -2.31. The molecule has 3 rings (SSSR count). The predicted molar refractivity (Wildman–Crippen MR) is 85.6 cm³/mol. The number of H-pyrrole nitrogens is 1. The first kappa shape index (κ1) is 15.9. The summed E-state index contributed by atoms with van der Waals surface area (Å²) in [5, 5.41) is 2.65. The average molecular weight is 331 g/mol. The van der Waals surface area contributed by atoms with Crippen molar-refractivity contribution in [1.29, 1.82) is 0 Å². The van der Waals surface area contributed by atoms with E-state index in [0.717, 1.165) is 0 Å². The molecule has 124 valence electrons. The summed E-state index contributed by atoms with van der Waals surface area (Å²) in [6.07, 6.45) is -0.0688. The third-order valence-corrected chi connectivity index (χ3v) is 3.70. The van der Waals surface area contributed by atoms with Crippen molar-refractivity contribution in [2.45, 2.75) is 13.0 Å². The molecule has 0 saturated carbocycles. The highest BCUT2D eigenvalue weighted by atomic mass is 19.1. The number of hydrogen-bond acceptors (Lipinski definition) is 2. The van der Waals surface area contributed by atoms with Gasteiger partial charge in [-0.15, -0.1) is 0 Å². The van der Waals surface area contributed by atoms with Gasteiger partial charge in [-0.1, -0.05) is 18.2 Å². The van der Waals surface area contributed by atoms with Crippen LogP contribution in [-0.2, 0) is 17.8 Å². The molecule has 24 heavy (non-hydrogen) atoms. The number of rotatable bonds is 5. The van der Waals surface area contributed by atoms with Crippen molar-refractivity contribution < 1.29 is 13.6 Å². The van der Waals surface area contributed by atoms with Crippen LogP contribution in [0.15, 0.2) is 47.3 Å². The first-order valence-electron chi connectivity index (χ1n) is 7.43. The van der Waals surface area contributed by atoms with Crippen molar-refractivity contribution in [2.24, 2.45) is 0 Å². The van der Waals surface area contributed by atoms with Crippen molar-refractivity contribution in [3.05, 3.63) is 70.1 Å².